The van der Waals surface area contributed by atoms with Gasteiger partial charge in [-0.2, -0.15) is 0 Å². The van der Waals surface area contributed by atoms with E-state index >= 15 is 0 Å². The summed E-state index contributed by atoms with van der Waals surface area (Å²) in [7, 11) is 1.79. The molecule has 1 unspecified atom stereocenters. The van der Waals surface area contributed by atoms with Gasteiger partial charge in [-0.3, -0.25) is 4.79 Å². The van der Waals surface area contributed by atoms with Crippen LogP contribution in [0, 0.1) is 0 Å². The van der Waals surface area contributed by atoms with Gasteiger partial charge in [-0.05, 0) is 32.4 Å². The van der Waals surface area contributed by atoms with Crippen LogP contribution in [0.25, 0.3) is 0 Å². The maximum Gasteiger partial charge on any atom is 0.239 e. The van der Waals surface area contributed by atoms with Gasteiger partial charge in [0.15, 0.2) is 0 Å². The number of nitrogens with one attached hydrogen (secondary N) is 1. The van der Waals surface area contributed by atoms with Crippen LogP contribution >= 0.6 is 0 Å². The van der Waals surface area contributed by atoms with E-state index in [0.717, 1.165) is 24.9 Å². The minimum absolute atomic E-state index is 0.0664. The highest BCUT2D eigenvalue weighted by atomic mass is 16.3. The fraction of sp³-hybridized carbons (Fsp3) is 0.500. The number of carbonyl (C=O) groups is 1. The van der Waals surface area contributed by atoms with Crippen LogP contribution in [0.2, 0.25) is 0 Å². The van der Waals surface area contributed by atoms with Crippen LogP contribution in [0.3, 0.4) is 0 Å². The molecule has 18 heavy (non-hydrogen) atoms. The number of hydrogen-bond donors (Lipinski definition) is 2. The summed E-state index contributed by atoms with van der Waals surface area (Å²) in [5.74, 6) is 0.340. The standard InChI is InChI=1S/C14H20N2O2/c1-10(11-6-3-4-8-13(11)17)16(2)14(18)12-7-5-9-15-12/h3-4,6,8,10,12,15,17H,5,7,9H2,1-2H3/t10?,12-/m0/s1. The minimum Gasteiger partial charge on any atom is -0.508 e. The van der Waals surface area contributed by atoms with Crippen molar-refractivity contribution in [2.45, 2.75) is 31.8 Å². The number of phenolic OH excluding ortho intramolecular Hbond substituents is 1. The molecule has 2 N–H and O–H groups in total. The molecule has 0 saturated carbocycles. The zero-order valence-corrected chi connectivity index (χ0v) is 10.9. The Kier molecular flexibility index (Phi) is 3.87. The summed E-state index contributed by atoms with van der Waals surface area (Å²) in [6, 6.07) is 6.97. The molecule has 1 aromatic carbocycles. The number of para-hydroxylation sites is 1. The summed E-state index contributed by atoms with van der Waals surface area (Å²) in [6.07, 6.45) is 1.95. The molecule has 1 aliphatic heterocycles. The van der Waals surface area contributed by atoms with Crippen LogP contribution in [0.4, 0.5) is 0 Å². The lowest BCUT2D eigenvalue weighted by Gasteiger charge is -2.28. The Hall–Kier alpha value is -1.55. The average molecular weight is 248 g/mol. The van der Waals surface area contributed by atoms with E-state index in [9.17, 15) is 9.90 Å². The van der Waals surface area contributed by atoms with Crippen LogP contribution in [-0.4, -0.2) is 35.5 Å². The highest BCUT2D eigenvalue weighted by Crippen LogP contribution is 2.27. The molecule has 1 fully saturated rings. The predicted octanol–water partition coefficient (Wildman–Crippen LogP) is 1.66. The van der Waals surface area contributed by atoms with Gasteiger partial charge in [-0.1, -0.05) is 18.2 Å². The van der Waals surface area contributed by atoms with E-state index in [1.807, 2.05) is 19.1 Å². The monoisotopic (exact) mass is 248 g/mol. The molecule has 1 aliphatic rings. The zero-order chi connectivity index (χ0) is 13.1. The number of hydrogen-bond acceptors (Lipinski definition) is 3. The van der Waals surface area contributed by atoms with Crippen molar-refractivity contribution in [3.05, 3.63) is 29.8 Å². The van der Waals surface area contributed by atoms with Crippen LogP contribution in [-0.2, 0) is 4.79 Å². The van der Waals surface area contributed by atoms with E-state index in [1.165, 1.54) is 0 Å². The molecule has 98 valence electrons. The van der Waals surface area contributed by atoms with Gasteiger partial charge in [0.25, 0.3) is 0 Å². The molecule has 0 radical (unpaired) electrons. The van der Waals surface area contributed by atoms with E-state index in [4.69, 9.17) is 0 Å². The summed E-state index contributed by atoms with van der Waals surface area (Å²) in [5, 5.41) is 13.0. The first-order chi connectivity index (χ1) is 8.61. The molecule has 0 aromatic heterocycles. The van der Waals surface area contributed by atoms with E-state index < -0.39 is 0 Å². The Balaban J connectivity index is 2.10. The Morgan fingerprint density at radius 2 is 2.22 bits per heavy atom. The predicted molar refractivity (Wildman–Crippen MR) is 70.3 cm³/mol. The summed E-state index contributed by atoms with van der Waals surface area (Å²) >= 11 is 0. The first-order valence-electron chi connectivity index (χ1n) is 6.39. The van der Waals surface area contributed by atoms with Crippen molar-refractivity contribution in [3.8, 4) is 5.75 Å². The Labute approximate surface area is 108 Å². The van der Waals surface area contributed by atoms with Gasteiger partial charge in [0.1, 0.15) is 5.75 Å². The van der Waals surface area contributed by atoms with Crippen LogP contribution in [0.1, 0.15) is 31.4 Å². The van der Waals surface area contributed by atoms with Crippen molar-refractivity contribution in [1.29, 1.82) is 0 Å². The van der Waals surface area contributed by atoms with Crippen molar-refractivity contribution < 1.29 is 9.90 Å². The fourth-order valence-electron chi connectivity index (χ4n) is 2.38. The second kappa shape index (κ2) is 5.40. The highest BCUT2D eigenvalue weighted by Gasteiger charge is 2.28. The van der Waals surface area contributed by atoms with Crippen molar-refractivity contribution in [1.82, 2.24) is 10.2 Å². The van der Waals surface area contributed by atoms with E-state index in [2.05, 4.69) is 5.32 Å². The van der Waals surface area contributed by atoms with Crippen LogP contribution < -0.4 is 5.32 Å². The molecule has 1 saturated heterocycles. The lowest BCUT2D eigenvalue weighted by atomic mass is 10.0. The molecule has 2 atom stereocenters. The molecule has 0 spiro atoms. The molecule has 0 bridgehead atoms. The maximum atomic E-state index is 12.3. The van der Waals surface area contributed by atoms with Crippen LogP contribution in [0.5, 0.6) is 5.75 Å². The molecular weight excluding hydrogens is 228 g/mol. The number of aromatic hydroxyl groups is 1. The molecule has 0 aliphatic carbocycles. The zero-order valence-electron chi connectivity index (χ0n) is 10.9. The summed E-state index contributed by atoms with van der Waals surface area (Å²) in [4.78, 5) is 14.0. The molecule has 4 nitrogen and oxygen atoms in total. The third kappa shape index (κ3) is 2.48. The number of carbonyl (C=O) groups excluding carboxylic acids is 1. The number of benzene rings is 1. The molecule has 2 rings (SSSR count). The number of rotatable bonds is 3. The average Bonchev–Trinajstić information content (AvgIpc) is 2.90. The first-order valence-corrected chi connectivity index (χ1v) is 6.39. The van der Waals surface area contributed by atoms with Gasteiger partial charge in [0.2, 0.25) is 5.91 Å². The minimum atomic E-state index is -0.124. The molecule has 4 heteroatoms. The van der Waals surface area contributed by atoms with Gasteiger partial charge in [-0.15, -0.1) is 0 Å². The van der Waals surface area contributed by atoms with E-state index in [-0.39, 0.29) is 23.7 Å². The largest absolute Gasteiger partial charge is 0.508 e. The first kappa shape index (κ1) is 12.9. The SMILES string of the molecule is CC(c1ccccc1O)N(C)C(=O)[C@@H]1CCCN1. The summed E-state index contributed by atoms with van der Waals surface area (Å²) < 4.78 is 0. The third-order valence-corrected chi connectivity index (χ3v) is 3.67. The van der Waals surface area contributed by atoms with E-state index in [1.54, 1.807) is 24.1 Å². The molecule has 1 heterocycles. The van der Waals surface area contributed by atoms with Crippen LogP contribution in [0.15, 0.2) is 24.3 Å². The highest BCUT2D eigenvalue weighted by molar-refractivity contribution is 5.82. The van der Waals surface area contributed by atoms with Gasteiger partial charge < -0.3 is 15.3 Å². The second-order valence-electron chi connectivity index (χ2n) is 4.83. The maximum absolute atomic E-state index is 12.3. The lowest BCUT2D eigenvalue weighted by molar-refractivity contribution is -0.133. The normalized spacial score (nSPS) is 20.7. The number of nitrogens with zero attached hydrogens (tertiary/aromatic N) is 1. The second-order valence-corrected chi connectivity index (χ2v) is 4.83. The molecule has 1 aromatic rings. The smallest absolute Gasteiger partial charge is 0.239 e. The van der Waals surface area contributed by atoms with Crippen molar-refractivity contribution in [2.75, 3.05) is 13.6 Å². The fourth-order valence-corrected chi connectivity index (χ4v) is 2.38. The Morgan fingerprint density at radius 3 is 2.83 bits per heavy atom. The summed E-state index contributed by atoms with van der Waals surface area (Å²) in [5.41, 5.74) is 0.784. The van der Waals surface area contributed by atoms with Crippen molar-refractivity contribution in [2.24, 2.45) is 0 Å². The Morgan fingerprint density at radius 1 is 1.50 bits per heavy atom. The lowest BCUT2D eigenvalue weighted by Crippen LogP contribution is -2.42. The number of likely N-dealkylation sites (N-methyl/N-ethyl adjacent to an activating group) is 1. The number of phenols is 1. The van der Waals surface area contributed by atoms with Gasteiger partial charge in [0, 0.05) is 12.6 Å². The van der Waals surface area contributed by atoms with Gasteiger partial charge >= 0.3 is 0 Å². The van der Waals surface area contributed by atoms with Crippen molar-refractivity contribution >= 4 is 5.91 Å². The quantitative estimate of drug-likeness (QED) is 0.855. The van der Waals surface area contributed by atoms with E-state index in [0.29, 0.717) is 0 Å². The Bertz CT molecular complexity index is 428. The van der Waals surface area contributed by atoms with Gasteiger partial charge in [0.05, 0.1) is 12.1 Å². The summed E-state index contributed by atoms with van der Waals surface area (Å²) in [6.45, 7) is 2.84. The topological polar surface area (TPSA) is 52.6 Å². The van der Waals surface area contributed by atoms with Gasteiger partial charge in [-0.25, -0.2) is 0 Å². The molecule has 1 amide bonds. The van der Waals surface area contributed by atoms with Crippen molar-refractivity contribution in [3.63, 3.8) is 0 Å². The number of amides is 1. The molecular formula is C14H20N2O2. The third-order valence-electron chi connectivity index (χ3n) is 3.67.